The normalized spacial score (nSPS) is 10.5. The van der Waals surface area contributed by atoms with E-state index in [-0.39, 0.29) is 17.9 Å². The molecule has 0 saturated carbocycles. The van der Waals surface area contributed by atoms with Gasteiger partial charge in [0.05, 0.1) is 5.56 Å². The van der Waals surface area contributed by atoms with Gasteiger partial charge in [-0.1, -0.05) is 23.4 Å². The average Bonchev–Trinajstić information content (AvgIpc) is 2.95. The van der Waals surface area contributed by atoms with E-state index in [9.17, 15) is 9.59 Å². The molecule has 0 saturated heterocycles. The topological polar surface area (TPSA) is 105 Å². The van der Waals surface area contributed by atoms with E-state index in [0.29, 0.717) is 43.1 Å². The van der Waals surface area contributed by atoms with E-state index in [1.165, 1.54) is 0 Å². The summed E-state index contributed by atoms with van der Waals surface area (Å²) in [6.45, 7) is 2.27. The lowest BCUT2D eigenvalue weighted by atomic mass is 10.0. The molecule has 2 N–H and O–H groups in total. The quantitative estimate of drug-likeness (QED) is 0.719. The molecule has 0 fully saturated rings. The first-order valence-corrected chi connectivity index (χ1v) is 7.43. The molecule has 7 heteroatoms. The maximum Gasteiger partial charge on any atom is 0.335 e. The number of amides is 1. The summed E-state index contributed by atoms with van der Waals surface area (Å²) >= 11 is 0. The van der Waals surface area contributed by atoms with Crippen LogP contribution in [0.2, 0.25) is 0 Å². The van der Waals surface area contributed by atoms with Crippen molar-refractivity contribution in [3.63, 3.8) is 0 Å². The Morgan fingerprint density at radius 1 is 1.26 bits per heavy atom. The van der Waals surface area contributed by atoms with Gasteiger partial charge in [0.25, 0.3) is 0 Å². The predicted octanol–water partition coefficient (Wildman–Crippen LogP) is 1.76. The number of nitrogens with one attached hydrogen (secondary N) is 1. The lowest BCUT2D eigenvalue weighted by Gasteiger charge is -2.06. The number of carboxylic acids is 1. The zero-order valence-electron chi connectivity index (χ0n) is 12.9. The molecule has 0 aliphatic heterocycles. The Bertz CT molecular complexity index is 681. The zero-order valence-corrected chi connectivity index (χ0v) is 12.9. The minimum absolute atomic E-state index is 0.105. The second-order valence-corrected chi connectivity index (χ2v) is 5.15. The van der Waals surface area contributed by atoms with E-state index < -0.39 is 5.97 Å². The summed E-state index contributed by atoms with van der Waals surface area (Å²) in [6, 6.07) is 6.72. The predicted molar refractivity (Wildman–Crippen MR) is 82.1 cm³/mol. The van der Waals surface area contributed by atoms with Crippen LogP contribution in [-0.4, -0.2) is 33.7 Å². The molecule has 0 unspecified atom stereocenters. The summed E-state index contributed by atoms with van der Waals surface area (Å²) in [7, 11) is 0. The zero-order chi connectivity index (χ0) is 16.7. The van der Waals surface area contributed by atoms with Crippen molar-refractivity contribution in [3.8, 4) is 0 Å². The van der Waals surface area contributed by atoms with E-state index >= 15 is 0 Å². The largest absolute Gasteiger partial charge is 0.478 e. The first-order valence-electron chi connectivity index (χ1n) is 7.43. The first kappa shape index (κ1) is 16.7. The Labute approximate surface area is 133 Å². The molecule has 1 aromatic carbocycles. The smallest absolute Gasteiger partial charge is 0.335 e. The van der Waals surface area contributed by atoms with Gasteiger partial charge in [-0.3, -0.25) is 4.79 Å². The van der Waals surface area contributed by atoms with Gasteiger partial charge in [0.15, 0.2) is 5.82 Å². The highest BCUT2D eigenvalue weighted by molar-refractivity contribution is 5.89. The molecule has 1 heterocycles. The van der Waals surface area contributed by atoms with Gasteiger partial charge in [0.1, 0.15) is 0 Å². The Morgan fingerprint density at radius 3 is 2.74 bits per heavy atom. The highest BCUT2D eigenvalue weighted by Crippen LogP contribution is 2.11. The number of nitrogens with zero attached hydrogens (tertiary/aromatic N) is 2. The van der Waals surface area contributed by atoms with E-state index in [1.54, 1.807) is 31.2 Å². The number of aromatic carboxylic acids is 1. The van der Waals surface area contributed by atoms with Gasteiger partial charge in [-0.15, -0.1) is 0 Å². The summed E-state index contributed by atoms with van der Waals surface area (Å²) in [5, 5.41) is 15.6. The number of aryl methyl sites for hydroxylation is 3. The number of hydrogen-bond acceptors (Lipinski definition) is 5. The molecule has 23 heavy (non-hydrogen) atoms. The minimum Gasteiger partial charge on any atom is -0.478 e. The van der Waals surface area contributed by atoms with Gasteiger partial charge >= 0.3 is 5.97 Å². The Hall–Kier alpha value is -2.70. The molecule has 2 aromatic rings. The molecule has 0 aliphatic rings. The monoisotopic (exact) mass is 317 g/mol. The standard InChI is InChI=1S/C16H19N3O4/c1-11-18-15(23-19-11)7-4-10-17-14(20)9-8-12-5-2-3-6-13(12)16(21)22/h2-3,5-6H,4,7-10H2,1H3,(H,17,20)(H,21,22). The molecule has 1 amide bonds. The number of hydrogen-bond donors (Lipinski definition) is 2. The number of carbonyl (C=O) groups is 2. The van der Waals surface area contributed by atoms with Crippen LogP contribution >= 0.6 is 0 Å². The van der Waals surface area contributed by atoms with Crippen molar-refractivity contribution in [2.45, 2.75) is 32.6 Å². The lowest BCUT2D eigenvalue weighted by molar-refractivity contribution is -0.121. The average molecular weight is 317 g/mol. The van der Waals surface area contributed by atoms with Gasteiger partial charge in [0, 0.05) is 19.4 Å². The summed E-state index contributed by atoms with van der Waals surface area (Å²) in [6.07, 6.45) is 1.98. The molecule has 2 rings (SSSR count). The van der Waals surface area contributed by atoms with E-state index in [1.807, 2.05) is 0 Å². The van der Waals surface area contributed by atoms with Gasteiger partial charge in [-0.2, -0.15) is 4.98 Å². The van der Waals surface area contributed by atoms with Crippen molar-refractivity contribution in [1.29, 1.82) is 0 Å². The third-order valence-electron chi connectivity index (χ3n) is 3.33. The molecule has 7 nitrogen and oxygen atoms in total. The van der Waals surface area contributed by atoms with Crippen LogP contribution in [0.4, 0.5) is 0 Å². The summed E-state index contributed by atoms with van der Waals surface area (Å²) in [4.78, 5) is 27.0. The minimum atomic E-state index is -0.976. The van der Waals surface area contributed by atoms with Crippen LogP contribution < -0.4 is 5.32 Å². The fourth-order valence-electron chi connectivity index (χ4n) is 2.19. The fraction of sp³-hybridized carbons (Fsp3) is 0.375. The Balaban J connectivity index is 1.70. The van der Waals surface area contributed by atoms with E-state index in [4.69, 9.17) is 9.63 Å². The van der Waals surface area contributed by atoms with Gasteiger partial charge < -0.3 is 14.9 Å². The second kappa shape index (κ2) is 8.07. The molecule has 1 aromatic heterocycles. The van der Waals surface area contributed by atoms with Crippen LogP contribution in [0, 0.1) is 6.92 Å². The maximum absolute atomic E-state index is 11.8. The van der Waals surface area contributed by atoms with Gasteiger partial charge in [-0.05, 0) is 31.4 Å². The van der Waals surface area contributed by atoms with Crippen molar-refractivity contribution >= 4 is 11.9 Å². The van der Waals surface area contributed by atoms with Crippen molar-refractivity contribution in [2.75, 3.05) is 6.54 Å². The number of rotatable bonds is 8. The van der Waals surface area contributed by atoms with Crippen molar-refractivity contribution in [2.24, 2.45) is 0 Å². The SMILES string of the molecule is Cc1noc(CCCNC(=O)CCc2ccccc2C(=O)O)n1. The van der Waals surface area contributed by atoms with Crippen LogP contribution in [-0.2, 0) is 17.6 Å². The summed E-state index contributed by atoms with van der Waals surface area (Å²) in [5.74, 6) is 0.0797. The molecule has 0 radical (unpaired) electrons. The van der Waals surface area contributed by atoms with Crippen LogP contribution in [0.5, 0.6) is 0 Å². The van der Waals surface area contributed by atoms with Crippen molar-refractivity contribution in [3.05, 3.63) is 47.1 Å². The Kier molecular flexibility index (Phi) is 5.85. The molecule has 0 aliphatic carbocycles. The van der Waals surface area contributed by atoms with Crippen LogP contribution in [0.15, 0.2) is 28.8 Å². The fourth-order valence-corrected chi connectivity index (χ4v) is 2.19. The van der Waals surface area contributed by atoms with Crippen molar-refractivity contribution in [1.82, 2.24) is 15.5 Å². The number of benzene rings is 1. The summed E-state index contributed by atoms with van der Waals surface area (Å²) < 4.78 is 4.98. The van der Waals surface area contributed by atoms with E-state index in [0.717, 1.165) is 0 Å². The highest BCUT2D eigenvalue weighted by Gasteiger charge is 2.10. The Morgan fingerprint density at radius 2 is 2.04 bits per heavy atom. The summed E-state index contributed by atoms with van der Waals surface area (Å²) in [5.41, 5.74) is 0.906. The second-order valence-electron chi connectivity index (χ2n) is 5.15. The molecule has 0 atom stereocenters. The van der Waals surface area contributed by atoms with Crippen LogP contribution in [0.1, 0.15) is 40.5 Å². The first-order chi connectivity index (χ1) is 11.1. The molecular formula is C16H19N3O4. The van der Waals surface area contributed by atoms with E-state index in [2.05, 4.69) is 15.5 Å². The number of carbonyl (C=O) groups excluding carboxylic acids is 1. The van der Waals surface area contributed by atoms with Gasteiger partial charge in [0.2, 0.25) is 11.8 Å². The molecule has 0 bridgehead atoms. The maximum atomic E-state index is 11.8. The number of carboxylic acid groups (broad SMARTS) is 1. The third-order valence-corrected chi connectivity index (χ3v) is 3.33. The van der Waals surface area contributed by atoms with Crippen LogP contribution in [0.25, 0.3) is 0 Å². The molecule has 122 valence electrons. The van der Waals surface area contributed by atoms with Crippen LogP contribution in [0.3, 0.4) is 0 Å². The lowest BCUT2D eigenvalue weighted by Crippen LogP contribution is -2.25. The third kappa shape index (κ3) is 5.21. The number of aromatic nitrogens is 2. The van der Waals surface area contributed by atoms with Crippen molar-refractivity contribution < 1.29 is 19.2 Å². The highest BCUT2D eigenvalue weighted by atomic mass is 16.5. The molecule has 0 spiro atoms. The van der Waals surface area contributed by atoms with Gasteiger partial charge in [-0.25, -0.2) is 4.79 Å². The molecular weight excluding hydrogens is 298 g/mol.